The Hall–Kier alpha value is -1.20. The van der Waals surface area contributed by atoms with Crippen LogP contribution in [0.4, 0.5) is 0 Å². The zero-order valence-corrected chi connectivity index (χ0v) is 10.1. The second-order valence-electron chi connectivity index (χ2n) is 4.40. The van der Waals surface area contributed by atoms with E-state index in [1.54, 1.807) is 25.2 Å². The summed E-state index contributed by atoms with van der Waals surface area (Å²) < 4.78 is 0. The molecule has 0 aromatic carbocycles. The van der Waals surface area contributed by atoms with Crippen LogP contribution in [0, 0.1) is 0 Å². The molecule has 0 spiro atoms. The highest BCUT2D eigenvalue weighted by atomic mass is 32.1. The minimum Gasteiger partial charge on any atom is -0.295 e. The van der Waals surface area contributed by atoms with Crippen LogP contribution in [0.15, 0.2) is 16.8 Å². The Morgan fingerprint density at radius 3 is 2.88 bits per heavy atom. The summed E-state index contributed by atoms with van der Waals surface area (Å²) in [5.41, 5.74) is 0.355. The molecule has 0 bridgehead atoms. The van der Waals surface area contributed by atoms with Gasteiger partial charge in [0.25, 0.3) is 0 Å². The molecule has 86 valence electrons. The summed E-state index contributed by atoms with van der Waals surface area (Å²) in [4.78, 5) is 25.0. The minimum absolute atomic E-state index is 0.157. The zero-order valence-electron chi connectivity index (χ0n) is 9.32. The monoisotopic (exact) mass is 238 g/mol. The van der Waals surface area contributed by atoms with Crippen molar-refractivity contribution in [1.29, 1.82) is 0 Å². The number of rotatable bonds is 2. The Labute approximate surface area is 98.3 Å². The Bertz CT molecular complexity index is 412. The summed E-state index contributed by atoms with van der Waals surface area (Å²) in [7, 11) is 0. The third-order valence-corrected chi connectivity index (χ3v) is 3.42. The van der Waals surface area contributed by atoms with Crippen LogP contribution in [0.25, 0.3) is 0 Å². The van der Waals surface area contributed by atoms with E-state index < -0.39 is 5.54 Å². The molecular weight excluding hydrogens is 224 g/mol. The average molecular weight is 238 g/mol. The third-order valence-electron chi connectivity index (χ3n) is 2.68. The maximum atomic E-state index is 12.0. The van der Waals surface area contributed by atoms with Crippen LogP contribution in [0.3, 0.4) is 0 Å². The van der Waals surface area contributed by atoms with Gasteiger partial charge in [0.05, 0.1) is 18.6 Å². The SMILES string of the molecule is CC1(C)NCC(=O)N(Cc2ccsc2)C1=O. The first-order valence-electron chi connectivity index (χ1n) is 5.11. The molecule has 0 saturated carbocycles. The van der Waals surface area contributed by atoms with Gasteiger partial charge in [-0.3, -0.25) is 19.8 Å². The van der Waals surface area contributed by atoms with E-state index in [-0.39, 0.29) is 18.4 Å². The first kappa shape index (κ1) is 11.3. The van der Waals surface area contributed by atoms with E-state index in [2.05, 4.69) is 5.32 Å². The van der Waals surface area contributed by atoms with Crippen molar-refractivity contribution >= 4 is 23.2 Å². The van der Waals surface area contributed by atoms with Gasteiger partial charge in [0.1, 0.15) is 0 Å². The second-order valence-corrected chi connectivity index (χ2v) is 5.18. The number of carbonyl (C=O) groups excluding carboxylic acids is 2. The molecule has 0 unspecified atom stereocenters. The summed E-state index contributed by atoms with van der Waals surface area (Å²) in [5, 5.41) is 6.83. The van der Waals surface area contributed by atoms with Gasteiger partial charge in [-0.2, -0.15) is 11.3 Å². The van der Waals surface area contributed by atoms with E-state index in [4.69, 9.17) is 0 Å². The summed E-state index contributed by atoms with van der Waals surface area (Å²) in [6.45, 7) is 4.19. The van der Waals surface area contributed by atoms with Crippen molar-refractivity contribution in [1.82, 2.24) is 10.2 Å². The van der Waals surface area contributed by atoms with Crippen LogP contribution in [0.5, 0.6) is 0 Å². The molecule has 1 aliphatic heterocycles. The zero-order chi connectivity index (χ0) is 11.8. The topological polar surface area (TPSA) is 49.4 Å². The number of nitrogens with zero attached hydrogens (tertiary/aromatic N) is 1. The van der Waals surface area contributed by atoms with Crippen LogP contribution < -0.4 is 5.32 Å². The predicted octanol–water partition coefficient (Wildman–Crippen LogP) is 0.985. The fourth-order valence-electron chi connectivity index (χ4n) is 1.64. The molecule has 0 radical (unpaired) electrons. The predicted molar refractivity (Wildman–Crippen MR) is 62.0 cm³/mol. The Morgan fingerprint density at radius 1 is 1.50 bits per heavy atom. The van der Waals surface area contributed by atoms with Crippen LogP contribution in [0.1, 0.15) is 19.4 Å². The van der Waals surface area contributed by atoms with Crippen molar-refractivity contribution in [2.75, 3.05) is 6.54 Å². The van der Waals surface area contributed by atoms with Crippen molar-refractivity contribution in [3.8, 4) is 0 Å². The fourth-order valence-corrected chi connectivity index (χ4v) is 2.30. The molecule has 5 heteroatoms. The molecule has 1 aromatic heterocycles. The molecule has 1 fully saturated rings. The lowest BCUT2D eigenvalue weighted by Gasteiger charge is -2.36. The minimum atomic E-state index is -0.649. The lowest BCUT2D eigenvalue weighted by atomic mass is 10.0. The summed E-state index contributed by atoms with van der Waals surface area (Å²) in [5.74, 6) is -0.314. The summed E-state index contributed by atoms with van der Waals surface area (Å²) in [6, 6.07) is 1.93. The van der Waals surface area contributed by atoms with Gasteiger partial charge in [-0.05, 0) is 36.2 Å². The van der Waals surface area contributed by atoms with Crippen LogP contribution in [-0.2, 0) is 16.1 Å². The van der Waals surface area contributed by atoms with Crippen molar-refractivity contribution in [3.63, 3.8) is 0 Å². The van der Waals surface area contributed by atoms with E-state index >= 15 is 0 Å². The number of hydrogen-bond donors (Lipinski definition) is 1. The van der Waals surface area contributed by atoms with Gasteiger partial charge in [0.15, 0.2) is 0 Å². The number of thiophene rings is 1. The lowest BCUT2D eigenvalue weighted by Crippen LogP contribution is -2.63. The number of amides is 2. The molecule has 4 nitrogen and oxygen atoms in total. The molecule has 0 atom stereocenters. The highest BCUT2D eigenvalue weighted by Crippen LogP contribution is 2.17. The highest BCUT2D eigenvalue weighted by Gasteiger charge is 2.39. The fraction of sp³-hybridized carbons (Fsp3) is 0.455. The van der Waals surface area contributed by atoms with Gasteiger partial charge >= 0.3 is 0 Å². The molecule has 2 rings (SSSR count). The maximum absolute atomic E-state index is 12.0. The third kappa shape index (κ3) is 2.01. The van der Waals surface area contributed by atoms with Crippen LogP contribution in [0.2, 0.25) is 0 Å². The number of carbonyl (C=O) groups is 2. The van der Waals surface area contributed by atoms with Gasteiger partial charge in [-0.15, -0.1) is 0 Å². The van der Waals surface area contributed by atoms with Gasteiger partial charge in [0, 0.05) is 0 Å². The van der Waals surface area contributed by atoms with E-state index in [0.29, 0.717) is 6.54 Å². The van der Waals surface area contributed by atoms with Crippen molar-refractivity contribution in [2.45, 2.75) is 25.9 Å². The van der Waals surface area contributed by atoms with Gasteiger partial charge < -0.3 is 0 Å². The number of imide groups is 1. The first-order valence-corrected chi connectivity index (χ1v) is 6.06. The first-order chi connectivity index (χ1) is 7.50. The Balaban J connectivity index is 2.18. The van der Waals surface area contributed by atoms with Crippen molar-refractivity contribution in [3.05, 3.63) is 22.4 Å². The van der Waals surface area contributed by atoms with Crippen LogP contribution >= 0.6 is 11.3 Å². The smallest absolute Gasteiger partial charge is 0.249 e. The van der Waals surface area contributed by atoms with E-state index in [1.807, 2.05) is 16.8 Å². The molecular formula is C11H14N2O2S. The Kier molecular flexibility index (Phi) is 2.82. The summed E-state index contributed by atoms with van der Waals surface area (Å²) in [6.07, 6.45) is 0. The van der Waals surface area contributed by atoms with E-state index in [9.17, 15) is 9.59 Å². The molecule has 1 saturated heterocycles. The molecule has 1 aliphatic rings. The van der Waals surface area contributed by atoms with E-state index in [1.165, 1.54) is 4.90 Å². The number of hydrogen-bond acceptors (Lipinski definition) is 4. The van der Waals surface area contributed by atoms with E-state index in [0.717, 1.165) is 5.56 Å². The normalized spacial score (nSPS) is 20.2. The largest absolute Gasteiger partial charge is 0.295 e. The lowest BCUT2D eigenvalue weighted by molar-refractivity contribution is -0.153. The second kappa shape index (κ2) is 3.99. The quantitative estimate of drug-likeness (QED) is 0.782. The van der Waals surface area contributed by atoms with Crippen LogP contribution in [-0.4, -0.2) is 28.8 Å². The molecule has 2 amide bonds. The maximum Gasteiger partial charge on any atom is 0.249 e. The molecule has 16 heavy (non-hydrogen) atoms. The molecule has 2 heterocycles. The standard InChI is InChI=1S/C11H14N2O2S/c1-11(2)10(15)13(9(14)5-12-11)6-8-3-4-16-7-8/h3-4,7,12H,5-6H2,1-2H3. The highest BCUT2D eigenvalue weighted by molar-refractivity contribution is 7.07. The molecule has 1 aromatic rings. The van der Waals surface area contributed by atoms with Crippen molar-refractivity contribution in [2.24, 2.45) is 0 Å². The molecule has 1 N–H and O–H groups in total. The van der Waals surface area contributed by atoms with Crippen molar-refractivity contribution < 1.29 is 9.59 Å². The molecule has 0 aliphatic carbocycles. The number of piperazine rings is 1. The van der Waals surface area contributed by atoms with Gasteiger partial charge in [0.2, 0.25) is 11.8 Å². The number of nitrogens with one attached hydrogen (secondary N) is 1. The summed E-state index contributed by atoms with van der Waals surface area (Å²) >= 11 is 1.57. The van der Waals surface area contributed by atoms with Gasteiger partial charge in [-0.25, -0.2) is 0 Å². The van der Waals surface area contributed by atoms with Gasteiger partial charge in [-0.1, -0.05) is 0 Å². The Morgan fingerprint density at radius 2 is 2.25 bits per heavy atom. The average Bonchev–Trinajstić information content (AvgIpc) is 2.72.